The smallest absolute Gasteiger partial charge is 0.304 e. The fourth-order valence-corrected chi connectivity index (χ4v) is 2.21. The van der Waals surface area contributed by atoms with E-state index in [-0.39, 0.29) is 29.2 Å². The SMILES string of the molecule is O=C(NCc1csc(=O)[nH]1)c1ccc(F)cc1C#CCO. The molecule has 0 fully saturated rings. The molecule has 2 rings (SSSR count). The maximum atomic E-state index is 13.2. The molecule has 0 atom stereocenters. The molecule has 2 aromatic rings. The van der Waals surface area contributed by atoms with Gasteiger partial charge in [-0.15, -0.1) is 0 Å². The van der Waals surface area contributed by atoms with Crippen molar-refractivity contribution in [1.82, 2.24) is 10.3 Å². The molecule has 1 amide bonds. The zero-order valence-electron chi connectivity index (χ0n) is 10.8. The maximum absolute atomic E-state index is 13.2. The molecule has 0 unspecified atom stereocenters. The minimum Gasteiger partial charge on any atom is -0.384 e. The maximum Gasteiger partial charge on any atom is 0.304 e. The number of benzene rings is 1. The Hall–Kier alpha value is -2.43. The highest BCUT2D eigenvalue weighted by molar-refractivity contribution is 7.07. The number of thiazole rings is 1. The molecule has 0 aliphatic rings. The zero-order valence-corrected chi connectivity index (χ0v) is 11.6. The van der Waals surface area contributed by atoms with Crippen molar-refractivity contribution in [3.63, 3.8) is 0 Å². The first-order valence-electron chi connectivity index (χ1n) is 5.94. The van der Waals surface area contributed by atoms with Crippen molar-refractivity contribution in [2.45, 2.75) is 6.54 Å². The molecule has 1 aromatic carbocycles. The second-order valence-corrected chi connectivity index (χ2v) is 4.85. The number of carbonyl (C=O) groups excluding carboxylic acids is 1. The summed E-state index contributed by atoms with van der Waals surface area (Å²) in [5, 5.41) is 12.9. The van der Waals surface area contributed by atoms with E-state index in [2.05, 4.69) is 22.1 Å². The molecule has 0 saturated carbocycles. The number of aliphatic hydroxyl groups excluding tert-OH is 1. The van der Waals surface area contributed by atoms with Crippen molar-refractivity contribution in [3.05, 3.63) is 55.9 Å². The van der Waals surface area contributed by atoms with Gasteiger partial charge in [-0.2, -0.15) is 0 Å². The van der Waals surface area contributed by atoms with Gasteiger partial charge in [0.2, 0.25) is 0 Å². The second kappa shape index (κ2) is 6.83. The van der Waals surface area contributed by atoms with E-state index >= 15 is 0 Å². The number of hydrogen-bond acceptors (Lipinski definition) is 4. The molecule has 1 heterocycles. The molecule has 0 saturated heterocycles. The van der Waals surface area contributed by atoms with Crippen molar-refractivity contribution in [1.29, 1.82) is 0 Å². The first kappa shape index (κ1) is 15.0. The predicted molar refractivity (Wildman–Crippen MR) is 76.5 cm³/mol. The third-order valence-corrected chi connectivity index (χ3v) is 3.26. The quantitative estimate of drug-likeness (QED) is 0.735. The lowest BCUT2D eigenvalue weighted by Gasteiger charge is -2.06. The van der Waals surface area contributed by atoms with E-state index in [0.717, 1.165) is 23.5 Å². The molecule has 0 spiro atoms. The van der Waals surface area contributed by atoms with Crippen LogP contribution in [-0.4, -0.2) is 22.6 Å². The van der Waals surface area contributed by atoms with Gasteiger partial charge >= 0.3 is 4.87 Å². The third kappa shape index (κ3) is 4.02. The summed E-state index contributed by atoms with van der Waals surface area (Å²) in [7, 11) is 0. The summed E-state index contributed by atoms with van der Waals surface area (Å²) in [5.41, 5.74) is 0.985. The summed E-state index contributed by atoms with van der Waals surface area (Å²) in [4.78, 5) is 25.4. The number of nitrogens with one attached hydrogen (secondary N) is 2. The minimum atomic E-state index is -0.518. The Morgan fingerprint density at radius 3 is 2.95 bits per heavy atom. The predicted octanol–water partition coefficient (Wildman–Crippen LogP) is 0.849. The van der Waals surface area contributed by atoms with Crippen LogP contribution in [0.3, 0.4) is 0 Å². The van der Waals surface area contributed by atoms with Gasteiger partial charge in [0.15, 0.2) is 0 Å². The highest BCUT2D eigenvalue weighted by Crippen LogP contribution is 2.10. The summed E-state index contributed by atoms with van der Waals surface area (Å²) in [6, 6.07) is 3.61. The fourth-order valence-electron chi connectivity index (χ4n) is 1.62. The number of carbonyl (C=O) groups is 1. The highest BCUT2D eigenvalue weighted by atomic mass is 32.1. The zero-order chi connectivity index (χ0) is 15.2. The van der Waals surface area contributed by atoms with Crippen LogP contribution < -0.4 is 10.2 Å². The van der Waals surface area contributed by atoms with Crippen molar-refractivity contribution in [3.8, 4) is 11.8 Å². The van der Waals surface area contributed by atoms with E-state index in [1.165, 1.54) is 6.07 Å². The average Bonchev–Trinajstić information content (AvgIpc) is 2.88. The Labute approximate surface area is 123 Å². The van der Waals surface area contributed by atoms with Crippen molar-refractivity contribution in [2.75, 3.05) is 6.61 Å². The Bertz CT molecular complexity index is 770. The highest BCUT2D eigenvalue weighted by Gasteiger charge is 2.11. The van der Waals surface area contributed by atoms with E-state index in [9.17, 15) is 14.0 Å². The molecule has 108 valence electrons. The van der Waals surface area contributed by atoms with Gasteiger partial charge in [-0.05, 0) is 18.2 Å². The number of aromatic nitrogens is 1. The van der Waals surface area contributed by atoms with E-state index in [1.807, 2.05) is 0 Å². The summed E-state index contributed by atoms with van der Waals surface area (Å²) < 4.78 is 13.2. The van der Waals surface area contributed by atoms with Crippen LogP contribution in [-0.2, 0) is 6.54 Å². The molecule has 0 aliphatic carbocycles. The Morgan fingerprint density at radius 1 is 1.48 bits per heavy atom. The molecule has 7 heteroatoms. The molecule has 3 N–H and O–H groups in total. The van der Waals surface area contributed by atoms with Crippen LogP contribution in [0.1, 0.15) is 21.6 Å². The molecule has 21 heavy (non-hydrogen) atoms. The molecule has 0 aliphatic heterocycles. The van der Waals surface area contributed by atoms with Crippen LogP contribution in [0.15, 0.2) is 28.4 Å². The van der Waals surface area contributed by atoms with Crippen LogP contribution in [0.5, 0.6) is 0 Å². The first-order chi connectivity index (χ1) is 10.1. The molecule has 0 radical (unpaired) electrons. The number of aromatic amines is 1. The number of H-pyrrole nitrogens is 1. The largest absolute Gasteiger partial charge is 0.384 e. The summed E-state index contributed by atoms with van der Waals surface area (Å²) in [5.74, 6) is 3.95. The standard InChI is InChI=1S/C14H11FN2O3S/c15-10-3-4-12(9(6-10)2-1-5-18)13(19)16-7-11-8-21-14(20)17-11/h3-4,6,8,18H,5,7H2,(H,16,19)(H,17,20). The van der Waals surface area contributed by atoms with Gasteiger partial charge in [-0.1, -0.05) is 23.2 Å². The molecule has 1 aromatic heterocycles. The van der Waals surface area contributed by atoms with Crippen LogP contribution in [0.2, 0.25) is 0 Å². The molecule has 5 nitrogen and oxygen atoms in total. The second-order valence-electron chi connectivity index (χ2n) is 4.01. The number of aliphatic hydroxyl groups is 1. The van der Waals surface area contributed by atoms with Crippen molar-refractivity contribution < 1.29 is 14.3 Å². The summed E-state index contributed by atoms with van der Waals surface area (Å²) in [6.07, 6.45) is 0. The lowest BCUT2D eigenvalue weighted by atomic mass is 10.1. The average molecular weight is 306 g/mol. The Morgan fingerprint density at radius 2 is 2.29 bits per heavy atom. The lowest BCUT2D eigenvalue weighted by molar-refractivity contribution is 0.0950. The number of hydrogen-bond donors (Lipinski definition) is 3. The van der Waals surface area contributed by atoms with Crippen LogP contribution in [0.25, 0.3) is 0 Å². The van der Waals surface area contributed by atoms with Gasteiger partial charge in [0.1, 0.15) is 12.4 Å². The van der Waals surface area contributed by atoms with Crippen LogP contribution in [0.4, 0.5) is 4.39 Å². The van der Waals surface area contributed by atoms with Gasteiger partial charge in [0.05, 0.1) is 12.1 Å². The fraction of sp³-hybridized carbons (Fsp3) is 0.143. The number of rotatable bonds is 3. The Kier molecular flexibility index (Phi) is 4.87. The molecular formula is C14H11FN2O3S. The molecule has 0 bridgehead atoms. The van der Waals surface area contributed by atoms with Gasteiger partial charge in [0.25, 0.3) is 5.91 Å². The van der Waals surface area contributed by atoms with E-state index in [0.29, 0.717) is 5.69 Å². The van der Waals surface area contributed by atoms with E-state index in [4.69, 9.17) is 5.11 Å². The van der Waals surface area contributed by atoms with Crippen LogP contribution in [0, 0.1) is 17.7 Å². The van der Waals surface area contributed by atoms with Gasteiger partial charge in [-0.25, -0.2) is 4.39 Å². The van der Waals surface area contributed by atoms with Gasteiger partial charge < -0.3 is 15.4 Å². The Balaban J connectivity index is 2.16. The normalized spacial score (nSPS) is 9.81. The van der Waals surface area contributed by atoms with Crippen LogP contribution >= 0.6 is 11.3 Å². The van der Waals surface area contributed by atoms with E-state index in [1.54, 1.807) is 5.38 Å². The van der Waals surface area contributed by atoms with Gasteiger partial charge in [0, 0.05) is 16.6 Å². The topological polar surface area (TPSA) is 82.2 Å². The lowest BCUT2D eigenvalue weighted by Crippen LogP contribution is -2.24. The van der Waals surface area contributed by atoms with Gasteiger partial charge in [-0.3, -0.25) is 9.59 Å². The van der Waals surface area contributed by atoms with E-state index < -0.39 is 11.7 Å². The number of amides is 1. The summed E-state index contributed by atoms with van der Waals surface area (Å²) >= 11 is 1.01. The third-order valence-electron chi connectivity index (χ3n) is 2.54. The molecular weight excluding hydrogens is 295 g/mol. The minimum absolute atomic E-state index is 0.155. The van der Waals surface area contributed by atoms with Crippen molar-refractivity contribution in [2.24, 2.45) is 0 Å². The number of halogens is 1. The monoisotopic (exact) mass is 306 g/mol. The first-order valence-corrected chi connectivity index (χ1v) is 6.82. The summed E-state index contributed by atoms with van der Waals surface area (Å²) in [6.45, 7) is -0.227. The van der Waals surface area contributed by atoms with Crippen molar-refractivity contribution >= 4 is 17.2 Å².